The molecule has 0 atom stereocenters. The predicted molar refractivity (Wildman–Crippen MR) is 328 cm³/mol. The molecule has 2 aromatic heterocycles. The van der Waals surface area contributed by atoms with Gasteiger partial charge in [0.15, 0.2) is 0 Å². The number of hydrogen-bond donors (Lipinski definition) is 2. The summed E-state index contributed by atoms with van der Waals surface area (Å²) in [6, 6.07) is 55.8. The molecular weight excluding hydrogens is 1300 g/mol. The van der Waals surface area contributed by atoms with E-state index >= 15 is 0 Å². The van der Waals surface area contributed by atoms with Crippen LogP contribution in [0.3, 0.4) is 0 Å². The average Bonchev–Trinajstić information content (AvgIpc) is 3.46. The standard InChI is InChI=1S/2C30H32N2O.2C2H4O2.2CH2Cl2.2Pd/c2*1-20(2)24-14-9-15-25(21(3)4)29(24)31-19-23-13-8-18-28(32-23)27-17-10-16-26(30(27)33)22-11-6-5-7-12-22;2*1-2(3)4;2*2-1-3;;/h2*5-18,20-21,31,33H,19H2,1-4H3;2*1H3,(H,3,4);2*1H2;;/q;;;;;;2*+2/p-4. The second-order valence-corrected chi connectivity index (χ2v) is 20.9. The molecular formula is C66H72Cl4N4O6Pd2. The summed E-state index contributed by atoms with van der Waals surface area (Å²) in [6.45, 7) is 20.9. The van der Waals surface area contributed by atoms with Crippen molar-refractivity contribution in [3.05, 3.63) is 203 Å². The van der Waals surface area contributed by atoms with Gasteiger partial charge in [0, 0.05) is 23.3 Å². The van der Waals surface area contributed by atoms with Gasteiger partial charge in [0.25, 0.3) is 0 Å². The topological polar surface area (TPSA) is 176 Å². The quantitative estimate of drug-likeness (QED) is 0.0787. The van der Waals surface area contributed by atoms with Crippen molar-refractivity contribution in [1.82, 2.24) is 9.97 Å². The molecule has 8 aromatic rings. The first-order valence-electron chi connectivity index (χ1n) is 26.2. The molecule has 2 N–H and O–H groups in total. The number of rotatable bonds is 14. The third-order valence-corrected chi connectivity index (χ3v) is 12.0. The van der Waals surface area contributed by atoms with Crippen LogP contribution in [0.4, 0.5) is 11.4 Å². The first kappa shape index (κ1) is 74.3. The van der Waals surface area contributed by atoms with Gasteiger partial charge in [-0.3, -0.25) is 9.97 Å². The van der Waals surface area contributed by atoms with Gasteiger partial charge in [0.1, 0.15) is 0 Å². The number of alkyl halides is 4. The molecule has 10 nitrogen and oxygen atoms in total. The van der Waals surface area contributed by atoms with E-state index in [1.54, 1.807) is 0 Å². The molecule has 82 heavy (non-hydrogen) atoms. The largest absolute Gasteiger partial charge is 2.00 e. The molecule has 8 rings (SSSR count). The van der Waals surface area contributed by atoms with Crippen LogP contribution in [0, 0.1) is 0 Å². The SMILES string of the molecule is CC(=O)[O-].CC(=O)[O-].CC(C)c1cccc(C(C)C)c1NCc1cccc(-c2cccc(-c3ccccc3)c2[O-])n1.CC(C)c1cccc(C(C)C)c1NCc1cccc(-c2cccc(-c3ccccc3)c2[O-])n1.ClCCl.ClCCl.[Pd+2].[Pd+2]. The summed E-state index contributed by atoms with van der Waals surface area (Å²) < 4.78 is 0. The van der Waals surface area contributed by atoms with Gasteiger partial charge in [0.2, 0.25) is 0 Å². The van der Waals surface area contributed by atoms with E-state index in [0.29, 0.717) is 70.4 Å². The minimum atomic E-state index is -1.08. The molecule has 6 aromatic carbocycles. The molecule has 2 heterocycles. The molecule has 0 amide bonds. The van der Waals surface area contributed by atoms with Crippen molar-refractivity contribution < 1.29 is 70.9 Å². The number of carbonyl (C=O) groups excluding carboxylic acids is 2. The van der Waals surface area contributed by atoms with E-state index in [0.717, 1.165) is 36.4 Å². The second-order valence-electron chi connectivity index (χ2n) is 19.3. The Morgan fingerprint density at radius 1 is 0.402 bits per heavy atom. The monoisotopic (exact) mass is 1370 g/mol. The van der Waals surface area contributed by atoms with E-state index in [9.17, 15) is 10.2 Å². The molecule has 0 saturated carbocycles. The minimum absolute atomic E-state index is 0. The van der Waals surface area contributed by atoms with E-state index < -0.39 is 11.9 Å². The van der Waals surface area contributed by atoms with Crippen LogP contribution >= 0.6 is 46.4 Å². The van der Waals surface area contributed by atoms with Crippen LogP contribution in [-0.2, 0) is 63.5 Å². The van der Waals surface area contributed by atoms with Gasteiger partial charge in [-0.25, -0.2) is 0 Å². The summed E-state index contributed by atoms with van der Waals surface area (Å²) in [5, 5.41) is 52.0. The number of benzene rings is 6. The number of halogens is 4. The van der Waals surface area contributed by atoms with E-state index in [1.807, 2.05) is 133 Å². The fourth-order valence-electron chi connectivity index (χ4n) is 8.49. The molecule has 0 unspecified atom stereocenters. The minimum Gasteiger partial charge on any atom is -0.872 e. The fourth-order valence-corrected chi connectivity index (χ4v) is 8.49. The number of carboxylic acids is 2. The molecule has 0 spiro atoms. The smallest absolute Gasteiger partial charge is 0.872 e. The molecule has 0 bridgehead atoms. The zero-order valence-corrected chi connectivity index (χ0v) is 53.9. The van der Waals surface area contributed by atoms with Crippen LogP contribution in [0.2, 0.25) is 0 Å². The summed E-state index contributed by atoms with van der Waals surface area (Å²) in [4.78, 5) is 27.5. The number of aromatic nitrogens is 2. The van der Waals surface area contributed by atoms with E-state index in [-0.39, 0.29) is 63.0 Å². The van der Waals surface area contributed by atoms with Gasteiger partial charge < -0.3 is 40.6 Å². The van der Waals surface area contributed by atoms with Gasteiger partial charge >= 0.3 is 40.8 Å². The number of nitrogens with one attached hydrogen (secondary N) is 2. The molecule has 0 aliphatic heterocycles. The van der Waals surface area contributed by atoms with Crippen molar-refractivity contribution in [2.45, 2.75) is 106 Å². The van der Waals surface area contributed by atoms with Gasteiger partial charge in [-0.05, 0) is 117 Å². The molecule has 16 heteroatoms. The van der Waals surface area contributed by atoms with Gasteiger partial charge in [-0.2, -0.15) is 0 Å². The molecule has 0 fully saturated rings. The van der Waals surface area contributed by atoms with Crippen molar-refractivity contribution in [3.8, 4) is 56.3 Å². The average molecular weight is 1370 g/mol. The number of carbonyl (C=O) groups is 2. The maximum Gasteiger partial charge on any atom is 2.00 e. The number of nitrogens with zero attached hydrogens (tertiary/aromatic N) is 2. The van der Waals surface area contributed by atoms with E-state index in [1.165, 1.54) is 33.6 Å². The normalized spacial score (nSPS) is 10.1. The predicted octanol–water partition coefficient (Wildman–Crippen LogP) is 15.0. The number of carboxylic acid groups (broad SMARTS) is 2. The Kier molecular flexibility index (Phi) is 35.9. The summed E-state index contributed by atoms with van der Waals surface area (Å²) in [5.74, 6) is -0.450. The fraction of sp³-hybridized carbons (Fsp3) is 0.273. The van der Waals surface area contributed by atoms with Crippen LogP contribution in [0.15, 0.2) is 170 Å². The van der Waals surface area contributed by atoms with Crippen LogP contribution in [0.5, 0.6) is 11.5 Å². The van der Waals surface area contributed by atoms with Crippen LogP contribution in [-0.4, -0.2) is 32.6 Å². The Bertz CT molecular complexity index is 2880. The maximum absolute atomic E-state index is 13.2. The van der Waals surface area contributed by atoms with Crippen molar-refractivity contribution in [2.24, 2.45) is 0 Å². The van der Waals surface area contributed by atoms with Crippen molar-refractivity contribution in [2.75, 3.05) is 21.3 Å². The third kappa shape index (κ3) is 24.2. The summed E-state index contributed by atoms with van der Waals surface area (Å²) >= 11 is 19.1. The van der Waals surface area contributed by atoms with Crippen LogP contribution in [0.25, 0.3) is 44.8 Å². The number of para-hydroxylation sites is 4. The molecule has 0 aliphatic carbocycles. The Labute approximate surface area is 533 Å². The zero-order valence-electron chi connectivity index (χ0n) is 47.8. The molecule has 440 valence electrons. The number of anilines is 2. The summed E-state index contributed by atoms with van der Waals surface area (Å²) in [6.07, 6.45) is 0. The van der Waals surface area contributed by atoms with Gasteiger partial charge in [0.05, 0.1) is 46.5 Å². The van der Waals surface area contributed by atoms with Crippen LogP contribution in [0.1, 0.15) is 127 Å². The Balaban J connectivity index is 0.000000655. The summed E-state index contributed by atoms with van der Waals surface area (Å²) in [7, 11) is 0. The third-order valence-electron chi connectivity index (χ3n) is 12.0. The first-order valence-corrected chi connectivity index (χ1v) is 28.3. The molecule has 0 aliphatic rings. The van der Waals surface area contributed by atoms with Crippen molar-refractivity contribution in [1.29, 1.82) is 0 Å². The molecule has 0 saturated heterocycles. The Morgan fingerprint density at radius 3 is 0.915 bits per heavy atom. The second kappa shape index (κ2) is 39.7. The van der Waals surface area contributed by atoms with Crippen LogP contribution < -0.4 is 31.1 Å². The number of hydrogen-bond acceptors (Lipinski definition) is 10. The van der Waals surface area contributed by atoms with Crippen molar-refractivity contribution in [3.63, 3.8) is 0 Å². The number of pyridine rings is 2. The molecule has 0 radical (unpaired) electrons. The first-order chi connectivity index (χ1) is 38.2. The van der Waals surface area contributed by atoms with Gasteiger partial charge in [-0.1, -0.05) is 212 Å². The summed E-state index contributed by atoms with van der Waals surface area (Å²) in [5.41, 5.74) is 15.4. The van der Waals surface area contributed by atoms with E-state index in [4.69, 9.17) is 76.2 Å². The Morgan fingerprint density at radius 2 is 0.646 bits per heavy atom. The maximum atomic E-state index is 13.2. The number of aliphatic carboxylic acids is 2. The Hall–Kier alpha value is -5.76. The van der Waals surface area contributed by atoms with E-state index in [2.05, 4.69) is 102 Å². The van der Waals surface area contributed by atoms with Crippen molar-refractivity contribution >= 4 is 69.7 Å². The zero-order chi connectivity index (χ0) is 59.3. The van der Waals surface area contributed by atoms with Gasteiger partial charge in [-0.15, -0.1) is 46.4 Å².